The summed E-state index contributed by atoms with van der Waals surface area (Å²) in [5.41, 5.74) is 7.33. The Morgan fingerprint density at radius 1 is 1.56 bits per heavy atom. The van der Waals surface area contributed by atoms with Gasteiger partial charge in [-0.1, -0.05) is 22.0 Å². The summed E-state index contributed by atoms with van der Waals surface area (Å²) in [5, 5.41) is 4.02. The smallest absolute Gasteiger partial charge is 0.377 e. The molecule has 1 heterocycles. The lowest BCUT2D eigenvalue weighted by Crippen LogP contribution is -2.06. The SMILES string of the molecule is COC(=O)c1ncn(Cc2ccc(N)cc2Br)n1. The number of hydrogen-bond donors (Lipinski definition) is 1. The van der Waals surface area contributed by atoms with Crippen molar-refractivity contribution in [3.63, 3.8) is 0 Å². The first kappa shape index (κ1) is 12.6. The maximum absolute atomic E-state index is 11.2. The number of nitrogens with two attached hydrogens (primary N) is 1. The third-order valence-electron chi connectivity index (χ3n) is 2.31. The lowest BCUT2D eigenvalue weighted by Gasteiger charge is -2.04. The summed E-state index contributed by atoms with van der Waals surface area (Å²) in [6.45, 7) is 0.491. The molecule has 18 heavy (non-hydrogen) atoms. The van der Waals surface area contributed by atoms with E-state index in [4.69, 9.17) is 5.73 Å². The number of nitrogen functional groups attached to an aromatic ring is 1. The number of methoxy groups -OCH3 is 1. The van der Waals surface area contributed by atoms with Crippen molar-refractivity contribution in [3.8, 4) is 0 Å². The van der Waals surface area contributed by atoms with E-state index in [9.17, 15) is 4.79 Å². The quantitative estimate of drug-likeness (QED) is 0.685. The molecule has 0 amide bonds. The Bertz CT molecular complexity index is 582. The molecule has 0 saturated carbocycles. The van der Waals surface area contributed by atoms with Crippen LogP contribution >= 0.6 is 15.9 Å². The van der Waals surface area contributed by atoms with Crippen LogP contribution < -0.4 is 5.73 Å². The average Bonchev–Trinajstić information content (AvgIpc) is 2.80. The molecule has 1 aromatic heterocycles. The monoisotopic (exact) mass is 310 g/mol. The number of carbonyl (C=O) groups is 1. The number of hydrogen-bond acceptors (Lipinski definition) is 5. The molecule has 0 aliphatic heterocycles. The van der Waals surface area contributed by atoms with Crippen LogP contribution in [0.25, 0.3) is 0 Å². The molecule has 94 valence electrons. The molecule has 0 bridgehead atoms. The van der Waals surface area contributed by atoms with Crippen LogP contribution in [0.3, 0.4) is 0 Å². The number of carbonyl (C=O) groups excluding carboxylic acids is 1. The van der Waals surface area contributed by atoms with Crippen molar-refractivity contribution in [3.05, 3.63) is 40.4 Å². The highest BCUT2D eigenvalue weighted by Crippen LogP contribution is 2.20. The highest BCUT2D eigenvalue weighted by atomic mass is 79.9. The minimum atomic E-state index is -0.551. The van der Waals surface area contributed by atoms with Gasteiger partial charge in [0.1, 0.15) is 6.33 Å². The Morgan fingerprint density at radius 2 is 2.33 bits per heavy atom. The molecule has 0 saturated heterocycles. The molecule has 0 aliphatic rings. The Morgan fingerprint density at radius 3 is 3.00 bits per heavy atom. The lowest BCUT2D eigenvalue weighted by molar-refractivity contribution is 0.0586. The van der Waals surface area contributed by atoms with Crippen LogP contribution in [0.1, 0.15) is 16.2 Å². The number of benzene rings is 1. The molecule has 0 atom stereocenters. The van der Waals surface area contributed by atoms with Gasteiger partial charge in [-0.15, -0.1) is 5.10 Å². The normalized spacial score (nSPS) is 10.3. The van der Waals surface area contributed by atoms with Crippen LogP contribution in [0.4, 0.5) is 5.69 Å². The fraction of sp³-hybridized carbons (Fsp3) is 0.182. The lowest BCUT2D eigenvalue weighted by atomic mass is 10.2. The van der Waals surface area contributed by atoms with Gasteiger partial charge < -0.3 is 10.5 Å². The minimum Gasteiger partial charge on any atom is -0.463 e. The van der Waals surface area contributed by atoms with Crippen molar-refractivity contribution in [2.24, 2.45) is 0 Å². The predicted octanol–water partition coefficient (Wildman–Crippen LogP) is 1.46. The van der Waals surface area contributed by atoms with Gasteiger partial charge in [0.05, 0.1) is 13.7 Å². The van der Waals surface area contributed by atoms with Crippen molar-refractivity contribution >= 4 is 27.6 Å². The van der Waals surface area contributed by atoms with Crippen molar-refractivity contribution < 1.29 is 9.53 Å². The van der Waals surface area contributed by atoms with Gasteiger partial charge in [0, 0.05) is 10.2 Å². The number of rotatable bonds is 3. The maximum Gasteiger partial charge on any atom is 0.377 e. The summed E-state index contributed by atoms with van der Waals surface area (Å²) >= 11 is 3.42. The number of halogens is 1. The van der Waals surface area contributed by atoms with Crippen molar-refractivity contribution in [2.45, 2.75) is 6.54 Å². The van der Waals surface area contributed by atoms with Gasteiger partial charge in [-0.2, -0.15) is 0 Å². The van der Waals surface area contributed by atoms with Crippen LogP contribution in [0.5, 0.6) is 0 Å². The fourth-order valence-corrected chi connectivity index (χ4v) is 1.94. The van der Waals surface area contributed by atoms with Gasteiger partial charge in [-0.25, -0.2) is 14.5 Å². The van der Waals surface area contributed by atoms with E-state index in [1.54, 1.807) is 10.7 Å². The zero-order chi connectivity index (χ0) is 13.1. The summed E-state index contributed by atoms with van der Waals surface area (Å²) in [5.74, 6) is -0.505. The average molecular weight is 311 g/mol. The second-order valence-electron chi connectivity index (χ2n) is 3.61. The predicted molar refractivity (Wildman–Crippen MR) is 69.0 cm³/mol. The number of anilines is 1. The van der Waals surface area contributed by atoms with E-state index >= 15 is 0 Å². The zero-order valence-corrected chi connectivity index (χ0v) is 11.2. The summed E-state index contributed by atoms with van der Waals surface area (Å²) in [6, 6.07) is 5.50. The molecule has 2 aromatic rings. The van der Waals surface area contributed by atoms with E-state index in [0.717, 1.165) is 10.0 Å². The number of nitrogens with zero attached hydrogens (tertiary/aromatic N) is 3. The Labute approximate surface area is 112 Å². The zero-order valence-electron chi connectivity index (χ0n) is 9.63. The Hall–Kier alpha value is -1.89. The van der Waals surface area contributed by atoms with E-state index < -0.39 is 5.97 Å². The summed E-state index contributed by atoms with van der Waals surface area (Å²) < 4.78 is 6.98. The third kappa shape index (κ3) is 2.67. The summed E-state index contributed by atoms with van der Waals surface area (Å²) in [6.07, 6.45) is 1.48. The first-order valence-corrected chi connectivity index (χ1v) is 5.91. The van der Waals surface area contributed by atoms with E-state index in [-0.39, 0.29) is 5.82 Å². The highest BCUT2D eigenvalue weighted by Gasteiger charge is 2.11. The largest absolute Gasteiger partial charge is 0.463 e. The first-order chi connectivity index (χ1) is 8.60. The van der Waals surface area contributed by atoms with Crippen molar-refractivity contribution in [1.82, 2.24) is 14.8 Å². The van der Waals surface area contributed by atoms with E-state index in [1.807, 2.05) is 12.1 Å². The topological polar surface area (TPSA) is 83.0 Å². The third-order valence-corrected chi connectivity index (χ3v) is 3.05. The minimum absolute atomic E-state index is 0.0454. The van der Waals surface area contributed by atoms with E-state index in [2.05, 4.69) is 30.7 Å². The first-order valence-electron chi connectivity index (χ1n) is 5.12. The number of esters is 1. The Balaban J connectivity index is 2.18. The molecule has 6 nitrogen and oxygen atoms in total. The molecule has 2 N–H and O–H groups in total. The maximum atomic E-state index is 11.2. The van der Waals surface area contributed by atoms with Gasteiger partial charge in [-0.05, 0) is 17.7 Å². The van der Waals surface area contributed by atoms with Crippen LogP contribution in [0.15, 0.2) is 29.0 Å². The molecule has 7 heteroatoms. The molecule has 0 fully saturated rings. The number of aromatic nitrogens is 3. The van der Waals surface area contributed by atoms with Crippen molar-refractivity contribution in [2.75, 3.05) is 12.8 Å². The molecule has 1 aromatic carbocycles. The highest BCUT2D eigenvalue weighted by molar-refractivity contribution is 9.10. The molecule has 0 aliphatic carbocycles. The van der Waals surface area contributed by atoms with Gasteiger partial charge in [0.15, 0.2) is 0 Å². The van der Waals surface area contributed by atoms with Crippen LogP contribution in [0.2, 0.25) is 0 Å². The standard InChI is InChI=1S/C11H11BrN4O2/c1-18-11(17)10-14-6-16(15-10)5-7-2-3-8(13)4-9(7)12/h2-4,6H,5,13H2,1H3. The van der Waals surface area contributed by atoms with Crippen LogP contribution in [-0.4, -0.2) is 27.8 Å². The van der Waals surface area contributed by atoms with Crippen LogP contribution in [0, 0.1) is 0 Å². The second-order valence-corrected chi connectivity index (χ2v) is 4.46. The fourth-order valence-electron chi connectivity index (χ4n) is 1.42. The van der Waals surface area contributed by atoms with Crippen LogP contribution in [-0.2, 0) is 11.3 Å². The molecular formula is C11H11BrN4O2. The summed E-state index contributed by atoms with van der Waals surface area (Å²) in [4.78, 5) is 15.1. The Kier molecular flexibility index (Phi) is 3.61. The van der Waals surface area contributed by atoms with Gasteiger partial charge >= 0.3 is 5.97 Å². The molecule has 0 spiro atoms. The van der Waals surface area contributed by atoms with Crippen molar-refractivity contribution in [1.29, 1.82) is 0 Å². The summed E-state index contributed by atoms with van der Waals surface area (Å²) in [7, 11) is 1.29. The molecule has 0 unspecified atom stereocenters. The van der Waals surface area contributed by atoms with Gasteiger partial charge in [-0.3, -0.25) is 0 Å². The molecule has 0 radical (unpaired) electrons. The molecule has 2 rings (SSSR count). The van der Waals surface area contributed by atoms with E-state index in [1.165, 1.54) is 13.4 Å². The second kappa shape index (κ2) is 5.18. The van der Waals surface area contributed by atoms with Gasteiger partial charge in [0.25, 0.3) is 5.82 Å². The number of ether oxygens (including phenoxy) is 1. The molecular weight excluding hydrogens is 300 g/mol. The van der Waals surface area contributed by atoms with Gasteiger partial charge in [0.2, 0.25) is 0 Å². The van der Waals surface area contributed by atoms with E-state index in [0.29, 0.717) is 12.2 Å².